The second-order valence-corrected chi connectivity index (χ2v) is 9.41. The van der Waals surface area contributed by atoms with Gasteiger partial charge in [-0.15, -0.1) is 0 Å². The molecule has 3 aliphatic rings. The van der Waals surface area contributed by atoms with Crippen LogP contribution in [0.3, 0.4) is 0 Å². The Bertz CT molecular complexity index is 941. The molecule has 7 nitrogen and oxygen atoms in total. The zero-order valence-electron chi connectivity index (χ0n) is 18.2. The molecule has 1 N–H and O–H groups in total. The molecule has 2 aromatic rings. The summed E-state index contributed by atoms with van der Waals surface area (Å²) in [6, 6.07) is 7.69. The van der Waals surface area contributed by atoms with Crippen LogP contribution in [0, 0.1) is 12.8 Å². The fourth-order valence-electron chi connectivity index (χ4n) is 4.87. The Balaban J connectivity index is 1.16. The normalized spacial score (nSPS) is 22.5. The SMILES string of the molecule is Cc1ccc(C(=O)N2CCCC(C(=O)N3CCC(c4nc(C5CC5)n[nH]4)CC3)C2)cc1. The lowest BCUT2D eigenvalue weighted by Crippen LogP contribution is -2.48. The van der Waals surface area contributed by atoms with Crippen molar-refractivity contribution in [2.45, 2.75) is 57.3 Å². The van der Waals surface area contributed by atoms with Crippen LogP contribution in [0.2, 0.25) is 0 Å². The number of amides is 2. The lowest BCUT2D eigenvalue weighted by Gasteiger charge is -2.37. The lowest BCUT2D eigenvalue weighted by molar-refractivity contribution is -0.138. The fraction of sp³-hybridized carbons (Fsp3) is 0.583. The van der Waals surface area contributed by atoms with Crippen molar-refractivity contribution in [2.24, 2.45) is 5.92 Å². The maximum absolute atomic E-state index is 13.2. The molecular weight excluding hydrogens is 390 g/mol. The number of nitrogens with one attached hydrogen (secondary N) is 1. The van der Waals surface area contributed by atoms with Crippen molar-refractivity contribution in [1.82, 2.24) is 25.0 Å². The Kier molecular flexibility index (Phi) is 5.50. The third-order valence-electron chi connectivity index (χ3n) is 7.01. The zero-order valence-corrected chi connectivity index (χ0v) is 18.2. The number of rotatable bonds is 4. The van der Waals surface area contributed by atoms with Gasteiger partial charge in [0.2, 0.25) is 5.91 Å². The summed E-state index contributed by atoms with van der Waals surface area (Å²) in [5.74, 6) is 3.02. The number of H-pyrrole nitrogens is 1. The molecule has 31 heavy (non-hydrogen) atoms. The molecule has 0 radical (unpaired) electrons. The van der Waals surface area contributed by atoms with Crippen LogP contribution < -0.4 is 0 Å². The summed E-state index contributed by atoms with van der Waals surface area (Å²) in [5.41, 5.74) is 1.85. The summed E-state index contributed by atoms with van der Waals surface area (Å²) in [6.07, 6.45) is 5.99. The van der Waals surface area contributed by atoms with E-state index in [-0.39, 0.29) is 17.7 Å². The molecule has 1 atom stereocenters. The van der Waals surface area contributed by atoms with E-state index in [1.807, 2.05) is 41.0 Å². The largest absolute Gasteiger partial charge is 0.342 e. The number of nitrogens with zero attached hydrogens (tertiary/aromatic N) is 4. The number of aromatic nitrogens is 3. The number of hydrogen-bond donors (Lipinski definition) is 1. The number of aryl methyl sites for hydroxylation is 1. The Morgan fingerprint density at radius 2 is 1.68 bits per heavy atom. The summed E-state index contributed by atoms with van der Waals surface area (Å²) in [6.45, 7) is 4.78. The molecule has 1 aliphatic carbocycles. The highest BCUT2D eigenvalue weighted by atomic mass is 16.2. The van der Waals surface area contributed by atoms with Gasteiger partial charge in [-0.3, -0.25) is 14.7 Å². The van der Waals surface area contributed by atoms with E-state index in [4.69, 9.17) is 4.98 Å². The molecule has 1 unspecified atom stereocenters. The van der Waals surface area contributed by atoms with Gasteiger partial charge in [-0.05, 0) is 57.6 Å². The van der Waals surface area contributed by atoms with Gasteiger partial charge in [0, 0.05) is 43.6 Å². The van der Waals surface area contributed by atoms with Gasteiger partial charge in [-0.1, -0.05) is 17.7 Å². The molecule has 2 aliphatic heterocycles. The monoisotopic (exact) mass is 421 g/mol. The molecular formula is C24H31N5O2. The Labute approximate surface area is 183 Å². The highest BCUT2D eigenvalue weighted by molar-refractivity contribution is 5.94. The van der Waals surface area contributed by atoms with Gasteiger partial charge in [0.1, 0.15) is 5.82 Å². The first-order chi connectivity index (χ1) is 15.1. The molecule has 0 bridgehead atoms. The van der Waals surface area contributed by atoms with Gasteiger partial charge in [-0.25, -0.2) is 4.98 Å². The van der Waals surface area contributed by atoms with E-state index < -0.39 is 0 Å². The first kappa shape index (κ1) is 20.2. The quantitative estimate of drug-likeness (QED) is 0.822. The molecule has 3 fully saturated rings. The number of carbonyl (C=O) groups excluding carboxylic acids is 2. The molecule has 164 valence electrons. The number of carbonyl (C=O) groups is 2. The van der Waals surface area contributed by atoms with Crippen LogP contribution in [0.1, 0.15) is 77.9 Å². The number of hydrogen-bond acceptors (Lipinski definition) is 4. The molecule has 7 heteroatoms. The Hall–Kier alpha value is -2.70. The van der Waals surface area contributed by atoms with Crippen LogP contribution in [0.25, 0.3) is 0 Å². The summed E-state index contributed by atoms with van der Waals surface area (Å²) in [5, 5.41) is 7.51. The standard InChI is InChI=1S/C24H31N5O2/c1-16-4-6-19(7-5-16)23(30)29-12-2-3-20(15-29)24(31)28-13-10-18(11-14-28)22-25-21(26-27-22)17-8-9-17/h4-7,17-18,20H,2-3,8-15H2,1H3,(H,25,26,27). The summed E-state index contributed by atoms with van der Waals surface area (Å²) < 4.78 is 0. The summed E-state index contributed by atoms with van der Waals surface area (Å²) in [7, 11) is 0. The maximum atomic E-state index is 13.2. The van der Waals surface area contributed by atoms with Crippen LogP contribution >= 0.6 is 0 Å². The van der Waals surface area contributed by atoms with Gasteiger partial charge in [0.15, 0.2) is 5.82 Å². The minimum Gasteiger partial charge on any atom is -0.342 e. The van der Waals surface area contributed by atoms with Gasteiger partial charge >= 0.3 is 0 Å². The number of piperidine rings is 2. The Morgan fingerprint density at radius 1 is 0.935 bits per heavy atom. The van der Waals surface area contributed by atoms with Crippen molar-refractivity contribution in [3.05, 3.63) is 47.0 Å². The minimum absolute atomic E-state index is 0.0352. The number of aromatic amines is 1. The predicted octanol–water partition coefficient (Wildman–Crippen LogP) is 3.25. The van der Waals surface area contributed by atoms with Gasteiger partial charge in [0.05, 0.1) is 5.92 Å². The minimum atomic E-state index is -0.0913. The van der Waals surface area contributed by atoms with Crippen LogP contribution in [-0.2, 0) is 4.79 Å². The molecule has 2 amide bonds. The molecule has 0 spiro atoms. The highest BCUT2D eigenvalue weighted by Gasteiger charge is 2.34. The molecule has 5 rings (SSSR count). The molecule has 2 saturated heterocycles. The topological polar surface area (TPSA) is 82.2 Å². The third kappa shape index (κ3) is 4.36. The van der Waals surface area contributed by atoms with E-state index in [1.54, 1.807) is 0 Å². The fourth-order valence-corrected chi connectivity index (χ4v) is 4.87. The zero-order chi connectivity index (χ0) is 21.4. The lowest BCUT2D eigenvalue weighted by atomic mass is 9.92. The smallest absolute Gasteiger partial charge is 0.253 e. The van der Waals surface area contributed by atoms with Crippen LogP contribution in [0.5, 0.6) is 0 Å². The maximum Gasteiger partial charge on any atom is 0.253 e. The van der Waals surface area contributed by atoms with Crippen molar-refractivity contribution in [3.8, 4) is 0 Å². The highest BCUT2D eigenvalue weighted by Crippen LogP contribution is 2.38. The van der Waals surface area contributed by atoms with Crippen LogP contribution in [0.4, 0.5) is 0 Å². The van der Waals surface area contributed by atoms with Crippen molar-refractivity contribution < 1.29 is 9.59 Å². The molecule has 1 aromatic heterocycles. The van der Waals surface area contributed by atoms with Gasteiger partial charge in [-0.2, -0.15) is 5.10 Å². The second kappa shape index (κ2) is 8.44. The van der Waals surface area contributed by atoms with E-state index in [9.17, 15) is 9.59 Å². The molecule has 3 heterocycles. The number of likely N-dealkylation sites (tertiary alicyclic amines) is 2. The molecule has 1 saturated carbocycles. The van der Waals surface area contributed by atoms with E-state index in [2.05, 4.69) is 10.2 Å². The average molecular weight is 422 g/mol. The Morgan fingerprint density at radius 3 is 2.39 bits per heavy atom. The van der Waals surface area contributed by atoms with E-state index >= 15 is 0 Å². The van der Waals surface area contributed by atoms with Crippen molar-refractivity contribution in [2.75, 3.05) is 26.2 Å². The summed E-state index contributed by atoms with van der Waals surface area (Å²) in [4.78, 5) is 34.7. The van der Waals surface area contributed by atoms with Crippen molar-refractivity contribution in [1.29, 1.82) is 0 Å². The predicted molar refractivity (Wildman–Crippen MR) is 117 cm³/mol. The second-order valence-electron chi connectivity index (χ2n) is 9.41. The molecule has 1 aromatic carbocycles. The van der Waals surface area contributed by atoms with Crippen LogP contribution in [0.15, 0.2) is 24.3 Å². The summed E-state index contributed by atoms with van der Waals surface area (Å²) >= 11 is 0. The average Bonchev–Trinajstić information content (AvgIpc) is 3.55. The number of benzene rings is 1. The van der Waals surface area contributed by atoms with Gasteiger partial charge in [0.25, 0.3) is 5.91 Å². The first-order valence-corrected chi connectivity index (χ1v) is 11.7. The van der Waals surface area contributed by atoms with E-state index in [0.717, 1.165) is 62.5 Å². The van der Waals surface area contributed by atoms with E-state index in [1.165, 1.54) is 12.8 Å². The van der Waals surface area contributed by atoms with Gasteiger partial charge < -0.3 is 9.80 Å². The van der Waals surface area contributed by atoms with E-state index in [0.29, 0.717) is 23.9 Å². The van der Waals surface area contributed by atoms with Crippen LogP contribution in [-0.4, -0.2) is 63.0 Å². The first-order valence-electron chi connectivity index (χ1n) is 11.7. The third-order valence-corrected chi connectivity index (χ3v) is 7.01. The van der Waals surface area contributed by atoms with Crippen molar-refractivity contribution >= 4 is 11.8 Å². The van der Waals surface area contributed by atoms with Crippen molar-refractivity contribution in [3.63, 3.8) is 0 Å².